The van der Waals surface area contributed by atoms with Crippen LogP contribution in [0.2, 0.25) is 0 Å². The third-order valence-electron chi connectivity index (χ3n) is 5.34. The highest BCUT2D eigenvalue weighted by Gasteiger charge is 2.22. The molecule has 0 spiro atoms. The van der Waals surface area contributed by atoms with Gasteiger partial charge in [-0.05, 0) is 12.3 Å². The van der Waals surface area contributed by atoms with Crippen molar-refractivity contribution < 1.29 is 23.9 Å². The second kappa shape index (κ2) is 16.7. The zero-order valence-corrected chi connectivity index (χ0v) is 19.8. The first-order chi connectivity index (χ1) is 13.6. The highest BCUT2D eigenvalue weighted by Crippen LogP contribution is 2.18. The van der Waals surface area contributed by atoms with Gasteiger partial charge in [-0.2, -0.15) is 0 Å². The minimum atomic E-state index is -1.18. The van der Waals surface area contributed by atoms with Crippen LogP contribution in [0, 0.1) is 5.92 Å². The molecule has 0 aromatic rings. The second-order valence-corrected chi connectivity index (χ2v) is 9.78. The smallest absolute Gasteiger partial charge is 0.306 e. The number of ether oxygens (including phenoxy) is 1. The fourth-order valence-corrected chi connectivity index (χ4v) is 3.67. The Hall–Kier alpha value is -1.10. The summed E-state index contributed by atoms with van der Waals surface area (Å²) in [5.41, 5.74) is 0. The van der Waals surface area contributed by atoms with Crippen LogP contribution in [0.1, 0.15) is 104 Å². The summed E-state index contributed by atoms with van der Waals surface area (Å²) in [5, 5.41) is 10.9. The van der Waals surface area contributed by atoms with Gasteiger partial charge in [-0.15, -0.1) is 0 Å². The molecule has 0 amide bonds. The number of rotatable bonds is 19. The SMILES string of the molecule is CCCCCCCCCCCCC(C)CCC(=O)OC(CC(=O)[O-])C[N+](C)(C)C. The molecular formula is C24H47NO4. The lowest BCUT2D eigenvalue weighted by Gasteiger charge is -2.29. The van der Waals surface area contributed by atoms with Crippen LogP contribution >= 0.6 is 0 Å². The van der Waals surface area contributed by atoms with Crippen molar-refractivity contribution in [1.29, 1.82) is 0 Å². The molecular weight excluding hydrogens is 366 g/mol. The van der Waals surface area contributed by atoms with E-state index in [2.05, 4.69) is 13.8 Å². The van der Waals surface area contributed by atoms with Gasteiger partial charge in [-0.1, -0.05) is 84.5 Å². The summed E-state index contributed by atoms with van der Waals surface area (Å²) in [7, 11) is 5.85. The van der Waals surface area contributed by atoms with Gasteiger partial charge in [0, 0.05) is 18.8 Å². The Morgan fingerprint density at radius 3 is 1.86 bits per heavy atom. The molecule has 0 rings (SSSR count). The second-order valence-electron chi connectivity index (χ2n) is 9.78. The van der Waals surface area contributed by atoms with Crippen LogP contribution in [0.15, 0.2) is 0 Å². The molecule has 29 heavy (non-hydrogen) atoms. The van der Waals surface area contributed by atoms with Gasteiger partial charge >= 0.3 is 5.97 Å². The number of aliphatic carboxylic acids is 1. The summed E-state index contributed by atoms with van der Waals surface area (Å²) in [6.45, 7) is 4.91. The molecule has 2 atom stereocenters. The van der Waals surface area contributed by atoms with Gasteiger partial charge in [0.15, 0.2) is 6.10 Å². The Balaban J connectivity index is 3.82. The third-order valence-corrected chi connectivity index (χ3v) is 5.34. The lowest BCUT2D eigenvalue weighted by atomic mass is 9.97. The number of carbonyl (C=O) groups excluding carboxylic acids is 2. The van der Waals surface area contributed by atoms with Crippen LogP contribution in [-0.2, 0) is 14.3 Å². The number of esters is 1. The van der Waals surface area contributed by atoms with E-state index in [0.717, 1.165) is 12.8 Å². The van der Waals surface area contributed by atoms with Crippen LogP contribution in [-0.4, -0.2) is 50.2 Å². The van der Waals surface area contributed by atoms with E-state index < -0.39 is 12.1 Å². The van der Waals surface area contributed by atoms with E-state index in [1.807, 2.05) is 21.1 Å². The molecule has 0 saturated heterocycles. The topological polar surface area (TPSA) is 66.4 Å². The van der Waals surface area contributed by atoms with Crippen molar-refractivity contribution in [2.45, 2.75) is 110 Å². The molecule has 0 aromatic carbocycles. The Bertz CT molecular complexity index is 431. The van der Waals surface area contributed by atoms with E-state index in [-0.39, 0.29) is 12.4 Å². The molecule has 0 bridgehead atoms. The summed E-state index contributed by atoms with van der Waals surface area (Å²) in [4.78, 5) is 23.0. The first-order valence-electron chi connectivity index (χ1n) is 11.8. The number of likely N-dealkylation sites (N-methyl/N-ethyl adjacent to an activating group) is 1. The Kier molecular flexibility index (Phi) is 16.0. The van der Waals surface area contributed by atoms with E-state index in [1.54, 1.807) is 0 Å². The number of carboxylic acids is 1. The molecule has 0 N–H and O–H groups in total. The van der Waals surface area contributed by atoms with Crippen molar-refractivity contribution in [2.24, 2.45) is 5.92 Å². The van der Waals surface area contributed by atoms with Crippen molar-refractivity contribution >= 4 is 11.9 Å². The Morgan fingerprint density at radius 2 is 1.38 bits per heavy atom. The van der Waals surface area contributed by atoms with E-state index in [1.165, 1.54) is 64.2 Å². The number of hydrogen-bond acceptors (Lipinski definition) is 4. The summed E-state index contributed by atoms with van der Waals surface area (Å²) in [6.07, 6.45) is 14.8. The molecule has 0 saturated carbocycles. The molecule has 0 radical (unpaired) electrons. The molecule has 0 aliphatic rings. The standard InChI is InChI=1S/C24H47NO4/c1-6-7-8-9-10-11-12-13-14-15-16-21(2)17-18-24(28)29-22(19-23(26)27)20-25(3,4)5/h21-22H,6-20H2,1-5H3. The maximum absolute atomic E-state index is 12.1. The van der Waals surface area contributed by atoms with Gasteiger partial charge in [0.1, 0.15) is 6.54 Å². The first-order valence-corrected chi connectivity index (χ1v) is 11.8. The van der Waals surface area contributed by atoms with E-state index in [4.69, 9.17) is 4.74 Å². The molecule has 0 fully saturated rings. The fraction of sp³-hybridized carbons (Fsp3) is 0.917. The number of hydrogen-bond donors (Lipinski definition) is 0. The zero-order chi connectivity index (χ0) is 22.1. The maximum Gasteiger partial charge on any atom is 0.306 e. The number of nitrogens with zero attached hydrogens (tertiary/aromatic N) is 1. The van der Waals surface area contributed by atoms with Gasteiger partial charge in [-0.3, -0.25) is 4.79 Å². The molecule has 172 valence electrons. The van der Waals surface area contributed by atoms with Crippen molar-refractivity contribution in [3.8, 4) is 0 Å². The number of unbranched alkanes of at least 4 members (excludes halogenated alkanes) is 9. The average molecular weight is 414 g/mol. The fourth-order valence-electron chi connectivity index (χ4n) is 3.67. The van der Waals surface area contributed by atoms with Crippen molar-refractivity contribution in [2.75, 3.05) is 27.7 Å². The molecule has 0 heterocycles. The highest BCUT2D eigenvalue weighted by molar-refractivity contribution is 5.70. The van der Waals surface area contributed by atoms with Crippen LogP contribution in [0.3, 0.4) is 0 Å². The van der Waals surface area contributed by atoms with Gasteiger partial charge in [0.25, 0.3) is 0 Å². The van der Waals surface area contributed by atoms with Crippen LogP contribution in [0.5, 0.6) is 0 Å². The van der Waals surface area contributed by atoms with Crippen molar-refractivity contribution in [1.82, 2.24) is 0 Å². The number of carbonyl (C=O) groups is 2. The predicted molar refractivity (Wildman–Crippen MR) is 117 cm³/mol. The molecule has 5 heteroatoms. The third kappa shape index (κ3) is 20.0. The zero-order valence-electron chi connectivity index (χ0n) is 19.8. The monoisotopic (exact) mass is 413 g/mol. The predicted octanol–water partition coefficient (Wildman–Crippen LogP) is 4.47. The minimum absolute atomic E-state index is 0.241. The van der Waals surface area contributed by atoms with E-state index in [9.17, 15) is 14.7 Å². The molecule has 0 aliphatic heterocycles. The lowest BCUT2D eigenvalue weighted by molar-refractivity contribution is -0.873. The summed E-state index contributed by atoms with van der Waals surface area (Å²) < 4.78 is 5.96. The average Bonchev–Trinajstić information content (AvgIpc) is 2.59. The normalized spacial score (nSPS) is 13.8. The quantitative estimate of drug-likeness (QED) is 0.178. The van der Waals surface area contributed by atoms with Gasteiger partial charge in [0.05, 0.1) is 21.1 Å². The van der Waals surface area contributed by atoms with Gasteiger partial charge in [0.2, 0.25) is 0 Å². The van der Waals surface area contributed by atoms with Crippen LogP contribution < -0.4 is 5.11 Å². The van der Waals surface area contributed by atoms with E-state index >= 15 is 0 Å². The Labute approximate surface area is 179 Å². The van der Waals surface area contributed by atoms with Crippen molar-refractivity contribution in [3.05, 3.63) is 0 Å². The molecule has 2 unspecified atom stereocenters. The van der Waals surface area contributed by atoms with Crippen LogP contribution in [0.25, 0.3) is 0 Å². The maximum atomic E-state index is 12.1. The summed E-state index contributed by atoms with van der Waals surface area (Å²) in [6, 6.07) is 0. The highest BCUT2D eigenvalue weighted by atomic mass is 16.5. The minimum Gasteiger partial charge on any atom is -0.550 e. The number of carboxylic acid groups (broad SMARTS) is 1. The summed E-state index contributed by atoms with van der Waals surface area (Å²) >= 11 is 0. The van der Waals surface area contributed by atoms with Gasteiger partial charge < -0.3 is 19.1 Å². The molecule has 5 nitrogen and oxygen atoms in total. The largest absolute Gasteiger partial charge is 0.550 e. The Morgan fingerprint density at radius 1 is 0.862 bits per heavy atom. The summed E-state index contributed by atoms with van der Waals surface area (Å²) in [5.74, 6) is -0.972. The lowest BCUT2D eigenvalue weighted by Crippen LogP contribution is -2.45. The first kappa shape index (κ1) is 27.9. The van der Waals surface area contributed by atoms with E-state index in [0.29, 0.717) is 23.4 Å². The van der Waals surface area contributed by atoms with Crippen molar-refractivity contribution in [3.63, 3.8) is 0 Å². The van der Waals surface area contributed by atoms with Gasteiger partial charge in [-0.25, -0.2) is 0 Å². The number of quaternary nitrogens is 1. The molecule has 0 aliphatic carbocycles. The molecule has 0 aromatic heterocycles. The van der Waals surface area contributed by atoms with Crippen LogP contribution in [0.4, 0.5) is 0 Å².